The SMILES string of the molecule is Cc1cc(C(=O)CSc2ccccc2F)c(C)[nH]1. The van der Waals surface area contributed by atoms with E-state index in [-0.39, 0.29) is 17.4 Å². The third kappa shape index (κ3) is 2.82. The second kappa shape index (κ2) is 5.40. The number of hydrogen-bond acceptors (Lipinski definition) is 2. The maximum absolute atomic E-state index is 13.4. The molecule has 0 unspecified atom stereocenters. The number of halogens is 1. The van der Waals surface area contributed by atoms with Crippen LogP contribution in [0.15, 0.2) is 35.2 Å². The summed E-state index contributed by atoms with van der Waals surface area (Å²) in [4.78, 5) is 15.6. The molecule has 1 N–H and O–H groups in total. The molecule has 0 aliphatic carbocycles. The van der Waals surface area contributed by atoms with E-state index in [0.717, 1.165) is 11.4 Å². The van der Waals surface area contributed by atoms with E-state index >= 15 is 0 Å². The van der Waals surface area contributed by atoms with E-state index in [1.54, 1.807) is 18.2 Å². The third-order valence-electron chi connectivity index (χ3n) is 2.65. The Balaban J connectivity index is 2.05. The van der Waals surface area contributed by atoms with Crippen molar-refractivity contribution in [2.45, 2.75) is 18.7 Å². The Labute approximate surface area is 110 Å². The van der Waals surface area contributed by atoms with Gasteiger partial charge in [0.1, 0.15) is 5.82 Å². The monoisotopic (exact) mass is 263 g/mol. The molecule has 2 aromatic rings. The molecule has 0 aliphatic heterocycles. The van der Waals surface area contributed by atoms with Gasteiger partial charge in [-0.3, -0.25) is 4.79 Å². The van der Waals surface area contributed by atoms with Gasteiger partial charge in [-0.05, 0) is 32.0 Å². The summed E-state index contributed by atoms with van der Waals surface area (Å²) in [6.07, 6.45) is 0. The van der Waals surface area contributed by atoms with Gasteiger partial charge in [-0.25, -0.2) is 4.39 Å². The summed E-state index contributed by atoms with van der Waals surface area (Å²) in [5.41, 5.74) is 2.52. The summed E-state index contributed by atoms with van der Waals surface area (Å²) >= 11 is 1.23. The minimum Gasteiger partial charge on any atom is -0.362 e. The van der Waals surface area contributed by atoms with Gasteiger partial charge >= 0.3 is 0 Å². The van der Waals surface area contributed by atoms with E-state index in [2.05, 4.69) is 4.98 Å². The summed E-state index contributed by atoms with van der Waals surface area (Å²) < 4.78 is 13.4. The van der Waals surface area contributed by atoms with Crippen LogP contribution in [0.5, 0.6) is 0 Å². The van der Waals surface area contributed by atoms with E-state index in [1.807, 2.05) is 19.9 Å². The molecule has 4 heteroatoms. The van der Waals surface area contributed by atoms with Crippen molar-refractivity contribution in [1.29, 1.82) is 0 Å². The normalized spacial score (nSPS) is 10.6. The fourth-order valence-corrected chi connectivity index (χ4v) is 2.62. The average molecular weight is 263 g/mol. The molecular weight excluding hydrogens is 249 g/mol. The molecule has 1 heterocycles. The zero-order chi connectivity index (χ0) is 13.1. The van der Waals surface area contributed by atoms with E-state index in [9.17, 15) is 9.18 Å². The van der Waals surface area contributed by atoms with Gasteiger partial charge in [-0.2, -0.15) is 0 Å². The number of aryl methyl sites for hydroxylation is 2. The zero-order valence-corrected chi connectivity index (χ0v) is 11.1. The van der Waals surface area contributed by atoms with Crippen LogP contribution in [0.1, 0.15) is 21.7 Å². The number of rotatable bonds is 4. The maximum Gasteiger partial charge on any atom is 0.174 e. The van der Waals surface area contributed by atoms with E-state index in [1.165, 1.54) is 17.8 Å². The molecule has 0 atom stereocenters. The molecule has 2 nitrogen and oxygen atoms in total. The van der Waals surface area contributed by atoms with Crippen molar-refractivity contribution in [2.24, 2.45) is 0 Å². The Morgan fingerprint density at radius 2 is 2.06 bits per heavy atom. The average Bonchev–Trinajstić information content (AvgIpc) is 2.67. The lowest BCUT2D eigenvalue weighted by Crippen LogP contribution is -2.03. The van der Waals surface area contributed by atoms with Gasteiger partial charge in [0.05, 0.1) is 5.75 Å². The number of Topliss-reactive ketones (excluding diaryl/α,β-unsaturated/α-hetero) is 1. The maximum atomic E-state index is 13.4. The second-order valence-electron chi connectivity index (χ2n) is 4.13. The summed E-state index contributed by atoms with van der Waals surface area (Å²) in [7, 11) is 0. The van der Waals surface area contributed by atoms with Gasteiger partial charge in [0.25, 0.3) is 0 Å². The van der Waals surface area contributed by atoms with Crippen LogP contribution in [-0.2, 0) is 0 Å². The Morgan fingerprint density at radius 1 is 1.33 bits per heavy atom. The van der Waals surface area contributed by atoms with Crippen LogP contribution in [0.3, 0.4) is 0 Å². The van der Waals surface area contributed by atoms with Crippen LogP contribution in [0.2, 0.25) is 0 Å². The van der Waals surface area contributed by atoms with Crippen molar-refractivity contribution in [3.8, 4) is 0 Å². The Kier molecular flexibility index (Phi) is 3.87. The number of benzene rings is 1. The third-order valence-corrected chi connectivity index (χ3v) is 3.69. The first-order valence-electron chi connectivity index (χ1n) is 5.64. The first-order valence-corrected chi connectivity index (χ1v) is 6.63. The van der Waals surface area contributed by atoms with Crippen LogP contribution < -0.4 is 0 Å². The van der Waals surface area contributed by atoms with Crippen molar-refractivity contribution in [1.82, 2.24) is 4.98 Å². The highest BCUT2D eigenvalue weighted by Gasteiger charge is 2.12. The summed E-state index contributed by atoms with van der Waals surface area (Å²) in [5, 5.41) is 0. The molecular formula is C14H14FNOS. The smallest absolute Gasteiger partial charge is 0.174 e. The van der Waals surface area contributed by atoms with Crippen molar-refractivity contribution in [2.75, 3.05) is 5.75 Å². The highest BCUT2D eigenvalue weighted by Crippen LogP contribution is 2.23. The van der Waals surface area contributed by atoms with Gasteiger partial charge in [-0.1, -0.05) is 12.1 Å². The van der Waals surface area contributed by atoms with Gasteiger partial charge < -0.3 is 4.98 Å². The van der Waals surface area contributed by atoms with Gasteiger partial charge in [0, 0.05) is 21.8 Å². The summed E-state index contributed by atoms with van der Waals surface area (Å²) in [6, 6.07) is 8.32. The zero-order valence-electron chi connectivity index (χ0n) is 10.3. The number of hydrogen-bond donors (Lipinski definition) is 1. The highest BCUT2D eigenvalue weighted by atomic mass is 32.2. The molecule has 0 fully saturated rings. The quantitative estimate of drug-likeness (QED) is 0.673. The van der Waals surface area contributed by atoms with E-state index < -0.39 is 0 Å². The molecule has 2 rings (SSSR count). The summed E-state index contributed by atoms with van der Waals surface area (Å²) in [5.74, 6) is -0.0126. The molecule has 0 radical (unpaired) electrons. The minimum atomic E-state index is -0.280. The molecule has 0 spiro atoms. The largest absolute Gasteiger partial charge is 0.362 e. The first kappa shape index (κ1) is 12.9. The number of aromatic nitrogens is 1. The fraction of sp³-hybridized carbons (Fsp3) is 0.214. The van der Waals surface area contributed by atoms with Gasteiger partial charge in [0.15, 0.2) is 5.78 Å². The highest BCUT2D eigenvalue weighted by molar-refractivity contribution is 8.00. The number of carbonyl (C=O) groups excluding carboxylic acids is 1. The Hall–Kier alpha value is -1.55. The molecule has 94 valence electrons. The van der Waals surface area contributed by atoms with Crippen LogP contribution in [0.4, 0.5) is 4.39 Å². The van der Waals surface area contributed by atoms with Crippen LogP contribution in [0, 0.1) is 19.7 Å². The van der Waals surface area contributed by atoms with Crippen molar-refractivity contribution in [3.63, 3.8) is 0 Å². The topological polar surface area (TPSA) is 32.9 Å². The number of ketones is 1. The number of nitrogens with one attached hydrogen (secondary N) is 1. The van der Waals surface area contributed by atoms with Crippen molar-refractivity contribution < 1.29 is 9.18 Å². The summed E-state index contributed by atoms with van der Waals surface area (Å²) in [6.45, 7) is 3.78. The molecule has 0 saturated heterocycles. The van der Waals surface area contributed by atoms with Crippen molar-refractivity contribution >= 4 is 17.5 Å². The van der Waals surface area contributed by atoms with Crippen LogP contribution in [-0.4, -0.2) is 16.5 Å². The lowest BCUT2D eigenvalue weighted by atomic mass is 10.2. The van der Waals surface area contributed by atoms with Crippen LogP contribution >= 0.6 is 11.8 Å². The molecule has 0 bridgehead atoms. The minimum absolute atomic E-state index is 0.0186. The number of thioether (sulfide) groups is 1. The van der Waals surface area contributed by atoms with Crippen LogP contribution in [0.25, 0.3) is 0 Å². The van der Waals surface area contributed by atoms with E-state index in [4.69, 9.17) is 0 Å². The lowest BCUT2D eigenvalue weighted by molar-refractivity contribution is 0.102. The fourth-order valence-electron chi connectivity index (χ4n) is 1.80. The first-order chi connectivity index (χ1) is 8.58. The molecule has 0 aliphatic rings. The lowest BCUT2D eigenvalue weighted by Gasteiger charge is -2.02. The molecule has 18 heavy (non-hydrogen) atoms. The van der Waals surface area contributed by atoms with Gasteiger partial charge in [0.2, 0.25) is 0 Å². The number of carbonyl (C=O) groups is 1. The molecule has 1 aromatic carbocycles. The predicted molar refractivity (Wildman–Crippen MR) is 71.7 cm³/mol. The van der Waals surface area contributed by atoms with E-state index in [0.29, 0.717) is 10.5 Å². The standard InChI is InChI=1S/C14H14FNOS/c1-9-7-11(10(2)16-9)13(17)8-18-14-6-4-3-5-12(14)15/h3-7,16H,8H2,1-2H3. The Morgan fingerprint density at radius 3 is 2.67 bits per heavy atom. The Bertz CT molecular complexity index is 577. The molecule has 0 saturated carbocycles. The number of H-pyrrole nitrogens is 1. The molecule has 1 aromatic heterocycles. The second-order valence-corrected chi connectivity index (χ2v) is 5.15. The number of aromatic amines is 1. The molecule has 0 amide bonds. The van der Waals surface area contributed by atoms with Gasteiger partial charge in [-0.15, -0.1) is 11.8 Å². The van der Waals surface area contributed by atoms with Crippen molar-refractivity contribution in [3.05, 3.63) is 53.1 Å². The predicted octanol–water partition coefficient (Wildman–Crippen LogP) is 3.75.